The number of hydrogen-bond donors (Lipinski definition) is 1. The third-order valence-electron chi connectivity index (χ3n) is 1.63. The Morgan fingerprint density at radius 1 is 1.58 bits per heavy atom. The maximum absolute atomic E-state index is 9.06. The van der Waals surface area contributed by atoms with Gasteiger partial charge in [0.05, 0.1) is 6.54 Å². The van der Waals surface area contributed by atoms with Crippen molar-refractivity contribution in [3.05, 3.63) is 39.8 Å². The molecule has 1 rings (SSSR count). The first kappa shape index (κ1) is 8.43. The van der Waals surface area contributed by atoms with Crippen LogP contribution in [0, 0.1) is 6.92 Å². The van der Waals surface area contributed by atoms with Crippen molar-refractivity contribution in [1.29, 1.82) is 0 Å². The minimum Gasteiger partial charge on any atom is -0.508 e. The van der Waals surface area contributed by atoms with E-state index in [0.717, 1.165) is 11.1 Å². The highest BCUT2D eigenvalue weighted by Gasteiger charge is 1.96. The van der Waals surface area contributed by atoms with Gasteiger partial charge in [0.25, 0.3) is 0 Å². The van der Waals surface area contributed by atoms with Gasteiger partial charge in [0.15, 0.2) is 0 Å². The van der Waals surface area contributed by atoms with Gasteiger partial charge in [0, 0.05) is 4.91 Å². The Morgan fingerprint density at radius 3 is 2.92 bits per heavy atom. The average Bonchev–Trinajstić information content (AvgIpc) is 2.03. The van der Waals surface area contributed by atoms with E-state index in [1.165, 1.54) is 0 Å². The smallest absolute Gasteiger partial charge is 0.115 e. The summed E-state index contributed by atoms with van der Waals surface area (Å²) in [5, 5.41) is 12.5. The number of benzene rings is 1. The monoisotopic (exact) mass is 163 g/mol. The first-order chi connectivity index (χ1) is 5.74. The van der Waals surface area contributed by atoms with Crippen molar-refractivity contribution in [2.24, 2.45) is 5.11 Å². The van der Waals surface area contributed by atoms with E-state index in [1.54, 1.807) is 18.2 Å². The number of aryl methyl sites for hydroxylation is 1. The van der Waals surface area contributed by atoms with Crippen LogP contribution < -0.4 is 0 Å². The fourth-order valence-electron chi connectivity index (χ4n) is 0.965. The van der Waals surface area contributed by atoms with Crippen LogP contribution in [0.1, 0.15) is 11.1 Å². The molecule has 0 spiro atoms. The van der Waals surface area contributed by atoms with Crippen LogP contribution in [-0.4, -0.2) is 5.11 Å². The molecule has 0 saturated heterocycles. The summed E-state index contributed by atoms with van der Waals surface area (Å²) in [7, 11) is 0. The molecule has 0 bridgehead atoms. The minimum atomic E-state index is 0.234. The van der Waals surface area contributed by atoms with E-state index < -0.39 is 0 Å². The highest BCUT2D eigenvalue weighted by Crippen LogP contribution is 2.16. The second kappa shape index (κ2) is 3.64. The standard InChI is InChI=1S/C8H9N3O/c1-6-4-8(12)3-2-7(6)5-10-11-9/h2-4,12H,5H2,1H3. The molecule has 0 aliphatic carbocycles. The molecule has 0 aliphatic rings. The molecule has 0 fully saturated rings. The number of aromatic hydroxyl groups is 1. The zero-order valence-electron chi connectivity index (χ0n) is 6.73. The summed E-state index contributed by atoms with van der Waals surface area (Å²) in [6, 6.07) is 4.97. The van der Waals surface area contributed by atoms with Crippen LogP contribution in [0.15, 0.2) is 23.3 Å². The largest absolute Gasteiger partial charge is 0.508 e. The number of phenols is 1. The lowest BCUT2D eigenvalue weighted by Crippen LogP contribution is -1.84. The van der Waals surface area contributed by atoms with Crippen LogP contribution in [-0.2, 0) is 6.54 Å². The summed E-state index contributed by atoms with van der Waals surface area (Å²) in [6.45, 7) is 2.20. The van der Waals surface area contributed by atoms with E-state index in [9.17, 15) is 0 Å². The molecule has 4 heteroatoms. The summed E-state index contributed by atoms with van der Waals surface area (Å²) >= 11 is 0. The third kappa shape index (κ3) is 1.90. The van der Waals surface area contributed by atoms with Crippen molar-refractivity contribution in [2.75, 3.05) is 0 Å². The molecule has 0 atom stereocenters. The molecule has 1 N–H and O–H groups in total. The highest BCUT2D eigenvalue weighted by atomic mass is 16.3. The van der Waals surface area contributed by atoms with Crippen molar-refractivity contribution in [2.45, 2.75) is 13.5 Å². The van der Waals surface area contributed by atoms with Gasteiger partial charge in [0.1, 0.15) is 5.75 Å². The zero-order valence-corrected chi connectivity index (χ0v) is 6.73. The van der Waals surface area contributed by atoms with Gasteiger partial charge in [-0.15, -0.1) is 0 Å². The molecule has 0 aliphatic heterocycles. The summed E-state index contributed by atoms with van der Waals surface area (Å²) in [6.07, 6.45) is 0. The molecule has 12 heavy (non-hydrogen) atoms. The lowest BCUT2D eigenvalue weighted by molar-refractivity contribution is 0.474. The van der Waals surface area contributed by atoms with Gasteiger partial charge in [0.2, 0.25) is 0 Å². The van der Waals surface area contributed by atoms with E-state index in [2.05, 4.69) is 10.0 Å². The van der Waals surface area contributed by atoms with Crippen molar-refractivity contribution >= 4 is 0 Å². The third-order valence-corrected chi connectivity index (χ3v) is 1.63. The maximum Gasteiger partial charge on any atom is 0.115 e. The Hall–Kier alpha value is -1.67. The molecular formula is C8H9N3O. The molecule has 1 aromatic carbocycles. The molecule has 0 amide bonds. The second-order valence-corrected chi connectivity index (χ2v) is 2.50. The summed E-state index contributed by atoms with van der Waals surface area (Å²) < 4.78 is 0. The fraction of sp³-hybridized carbons (Fsp3) is 0.250. The SMILES string of the molecule is Cc1cc(O)ccc1CN=[N+]=[N-]. The molecule has 0 saturated carbocycles. The van der Waals surface area contributed by atoms with Crippen LogP contribution in [0.25, 0.3) is 10.4 Å². The maximum atomic E-state index is 9.06. The Labute approximate surface area is 70.1 Å². The average molecular weight is 163 g/mol. The molecule has 0 radical (unpaired) electrons. The van der Waals surface area contributed by atoms with Crippen LogP contribution in [0.5, 0.6) is 5.75 Å². The number of rotatable bonds is 2. The van der Waals surface area contributed by atoms with Crippen LogP contribution >= 0.6 is 0 Å². The number of hydrogen-bond acceptors (Lipinski definition) is 2. The van der Waals surface area contributed by atoms with Gasteiger partial charge in [-0.2, -0.15) is 0 Å². The summed E-state index contributed by atoms with van der Waals surface area (Å²) in [5.74, 6) is 0.234. The molecule has 4 nitrogen and oxygen atoms in total. The predicted octanol–water partition coefficient (Wildman–Crippen LogP) is 2.51. The van der Waals surface area contributed by atoms with Crippen molar-refractivity contribution in [3.63, 3.8) is 0 Å². The number of nitrogens with zero attached hydrogens (tertiary/aromatic N) is 3. The van der Waals surface area contributed by atoms with E-state index >= 15 is 0 Å². The topological polar surface area (TPSA) is 69.0 Å². The normalized spacial score (nSPS) is 9.08. The zero-order chi connectivity index (χ0) is 8.97. The molecule has 62 valence electrons. The Balaban J connectivity index is 2.93. The van der Waals surface area contributed by atoms with Crippen molar-refractivity contribution < 1.29 is 5.11 Å². The molecule has 0 unspecified atom stereocenters. The highest BCUT2D eigenvalue weighted by molar-refractivity contribution is 5.33. The lowest BCUT2D eigenvalue weighted by atomic mass is 10.1. The minimum absolute atomic E-state index is 0.234. The van der Waals surface area contributed by atoms with E-state index in [0.29, 0.717) is 6.54 Å². The Kier molecular flexibility index (Phi) is 2.56. The van der Waals surface area contributed by atoms with Crippen molar-refractivity contribution in [3.8, 4) is 5.75 Å². The molecule has 1 aromatic rings. The van der Waals surface area contributed by atoms with E-state index in [4.69, 9.17) is 10.6 Å². The van der Waals surface area contributed by atoms with E-state index in [-0.39, 0.29) is 5.75 Å². The first-order valence-electron chi connectivity index (χ1n) is 3.53. The van der Waals surface area contributed by atoms with Crippen LogP contribution in [0.2, 0.25) is 0 Å². The van der Waals surface area contributed by atoms with Gasteiger partial charge in [-0.05, 0) is 35.7 Å². The predicted molar refractivity (Wildman–Crippen MR) is 45.7 cm³/mol. The Morgan fingerprint density at radius 2 is 2.33 bits per heavy atom. The van der Waals surface area contributed by atoms with Gasteiger partial charge >= 0.3 is 0 Å². The van der Waals surface area contributed by atoms with Gasteiger partial charge in [-0.1, -0.05) is 11.2 Å². The summed E-state index contributed by atoms with van der Waals surface area (Å²) in [5.41, 5.74) is 9.95. The van der Waals surface area contributed by atoms with Crippen molar-refractivity contribution in [1.82, 2.24) is 0 Å². The molecule has 0 heterocycles. The van der Waals surface area contributed by atoms with Gasteiger partial charge in [-0.25, -0.2) is 0 Å². The molecular weight excluding hydrogens is 154 g/mol. The quantitative estimate of drug-likeness (QED) is 0.406. The van der Waals surface area contributed by atoms with Crippen LogP contribution in [0.3, 0.4) is 0 Å². The van der Waals surface area contributed by atoms with E-state index in [1.807, 2.05) is 6.92 Å². The van der Waals surface area contributed by atoms with Gasteiger partial charge < -0.3 is 5.11 Å². The lowest BCUT2D eigenvalue weighted by Gasteiger charge is -2.01. The Bertz CT molecular complexity index is 329. The summed E-state index contributed by atoms with van der Waals surface area (Å²) in [4.78, 5) is 2.66. The first-order valence-corrected chi connectivity index (χ1v) is 3.53. The fourth-order valence-corrected chi connectivity index (χ4v) is 0.965. The number of azide groups is 1. The van der Waals surface area contributed by atoms with Crippen LogP contribution in [0.4, 0.5) is 0 Å². The van der Waals surface area contributed by atoms with Gasteiger partial charge in [-0.3, -0.25) is 0 Å². The number of phenolic OH excluding ortho intramolecular Hbond substituents is 1. The second-order valence-electron chi connectivity index (χ2n) is 2.50. The molecule has 0 aromatic heterocycles.